The van der Waals surface area contributed by atoms with Crippen LogP contribution in [-0.2, 0) is 19.6 Å². The highest BCUT2D eigenvalue weighted by Crippen LogP contribution is 2.26. The molecule has 0 aromatic heterocycles. The molecule has 2 fully saturated rings. The van der Waals surface area contributed by atoms with Crippen LogP contribution in [0, 0.1) is 5.82 Å². The van der Waals surface area contributed by atoms with Crippen LogP contribution in [0.3, 0.4) is 0 Å². The molecule has 0 bridgehead atoms. The molecular formula is C36H50FI2N5O. The third-order valence-electron chi connectivity index (χ3n) is 8.66. The Balaban J connectivity index is 0.00000276. The summed E-state index contributed by atoms with van der Waals surface area (Å²) in [7, 11) is 6.77. The van der Waals surface area contributed by atoms with Crippen molar-refractivity contribution in [1.82, 2.24) is 20.4 Å². The molecule has 2 atom stereocenters. The quantitative estimate of drug-likeness (QED) is 0.244. The molecule has 2 N–H and O–H groups in total. The topological polar surface area (TPSA) is 47.6 Å². The first-order valence-electron chi connectivity index (χ1n) is 15.9. The molecule has 2 aliphatic rings. The Morgan fingerprint density at radius 3 is 2.47 bits per heavy atom. The lowest BCUT2D eigenvalue weighted by molar-refractivity contribution is -0.872. The smallest absolute Gasteiger partial charge is 0.251 e. The molecule has 0 radical (unpaired) electrons. The molecule has 2 heterocycles. The standard InChI is InChI=1S/C36H48FN5O.2HI/c1-27-23-40(18-16-38-27)24-29-9-7-11-31(19-29)34-21-28(14-15-35(34)37)22-39-36(43)32-12-8-10-30(20-32)25-41-17-6-5-13-33(41)26-42(2,3)4;;/h7-12,14-15,19-21,27,33,38H,5-6,13,16-18,22-26H2,1-4H3;2*1H/t27-,33?;;/m0../s1. The van der Waals surface area contributed by atoms with E-state index in [4.69, 9.17) is 0 Å². The SMILES string of the molecule is C[C@H]1CN(Cc2cccc(-c3cc(CNC(=O)c4cccc(CN5CCCCC5C[N+](C)(C)C)c4)ccc3F)c2)CCN1.I.[I-]. The summed E-state index contributed by atoms with van der Waals surface area (Å²) in [4.78, 5) is 18.2. The third-order valence-corrected chi connectivity index (χ3v) is 8.66. The maximum Gasteiger partial charge on any atom is 0.251 e. The number of likely N-dealkylation sites (N-methyl/N-ethyl adjacent to an activating group) is 1. The number of halogens is 3. The van der Waals surface area contributed by atoms with Gasteiger partial charge in [-0.3, -0.25) is 14.6 Å². The van der Waals surface area contributed by atoms with Crippen molar-refractivity contribution in [2.24, 2.45) is 0 Å². The zero-order chi connectivity index (χ0) is 30.4. The summed E-state index contributed by atoms with van der Waals surface area (Å²) < 4.78 is 16.0. The average molecular weight is 842 g/mol. The number of amides is 1. The zero-order valence-electron chi connectivity index (χ0n) is 27.2. The Hall–Kier alpha value is -1.64. The van der Waals surface area contributed by atoms with E-state index in [0.29, 0.717) is 29.8 Å². The minimum absolute atomic E-state index is 0. The molecule has 3 aromatic rings. The zero-order valence-corrected chi connectivity index (χ0v) is 31.7. The maximum atomic E-state index is 15.0. The lowest BCUT2D eigenvalue weighted by Crippen LogP contribution is -3.00. The van der Waals surface area contributed by atoms with Crippen molar-refractivity contribution in [3.8, 4) is 11.1 Å². The van der Waals surface area contributed by atoms with Crippen molar-refractivity contribution in [3.63, 3.8) is 0 Å². The molecule has 0 spiro atoms. The van der Waals surface area contributed by atoms with Crippen molar-refractivity contribution in [1.29, 1.82) is 0 Å². The van der Waals surface area contributed by atoms with Crippen molar-refractivity contribution in [2.75, 3.05) is 53.9 Å². The van der Waals surface area contributed by atoms with Gasteiger partial charge in [-0.25, -0.2) is 4.39 Å². The molecule has 246 valence electrons. The van der Waals surface area contributed by atoms with Gasteiger partial charge in [0.05, 0.1) is 33.7 Å². The second kappa shape index (κ2) is 17.5. The van der Waals surface area contributed by atoms with E-state index >= 15 is 4.39 Å². The third kappa shape index (κ3) is 11.2. The van der Waals surface area contributed by atoms with E-state index in [1.165, 1.54) is 36.5 Å². The number of hydrogen-bond donors (Lipinski definition) is 2. The molecule has 2 saturated heterocycles. The summed E-state index contributed by atoms with van der Waals surface area (Å²) in [6.07, 6.45) is 3.75. The summed E-state index contributed by atoms with van der Waals surface area (Å²) >= 11 is 0. The normalized spacial score (nSPS) is 19.3. The highest BCUT2D eigenvalue weighted by atomic mass is 127. The Labute approximate surface area is 303 Å². The summed E-state index contributed by atoms with van der Waals surface area (Å²) in [5, 5.41) is 6.55. The van der Waals surface area contributed by atoms with E-state index < -0.39 is 0 Å². The first kappa shape index (κ1) is 37.8. The number of carbonyl (C=O) groups is 1. The second-order valence-corrected chi connectivity index (χ2v) is 13.6. The Bertz CT molecular complexity index is 1400. The van der Waals surface area contributed by atoms with Crippen molar-refractivity contribution >= 4 is 29.9 Å². The molecule has 0 aliphatic carbocycles. The lowest BCUT2D eigenvalue weighted by Gasteiger charge is -2.39. The predicted molar refractivity (Wildman–Crippen MR) is 189 cm³/mol. The number of piperidine rings is 1. The van der Waals surface area contributed by atoms with E-state index in [1.807, 2.05) is 36.4 Å². The van der Waals surface area contributed by atoms with Gasteiger partial charge in [-0.1, -0.05) is 42.8 Å². The fourth-order valence-electron chi connectivity index (χ4n) is 6.59. The van der Waals surface area contributed by atoms with E-state index in [1.54, 1.807) is 6.07 Å². The van der Waals surface area contributed by atoms with Crippen LogP contribution < -0.4 is 34.6 Å². The van der Waals surface area contributed by atoms with Gasteiger partial charge in [-0.15, -0.1) is 24.0 Å². The summed E-state index contributed by atoms with van der Waals surface area (Å²) in [5.41, 5.74) is 5.31. The van der Waals surface area contributed by atoms with Crippen LogP contribution in [0.25, 0.3) is 11.1 Å². The predicted octanol–water partition coefficient (Wildman–Crippen LogP) is 2.90. The van der Waals surface area contributed by atoms with E-state index in [0.717, 1.165) is 61.4 Å². The van der Waals surface area contributed by atoms with Gasteiger partial charge in [0.1, 0.15) is 5.82 Å². The Morgan fingerprint density at radius 1 is 0.956 bits per heavy atom. The number of hydrogen-bond acceptors (Lipinski definition) is 4. The molecule has 5 rings (SSSR count). The molecule has 1 unspecified atom stereocenters. The fourth-order valence-corrected chi connectivity index (χ4v) is 6.59. The van der Waals surface area contributed by atoms with Crippen LogP contribution in [-0.4, -0.2) is 86.1 Å². The molecule has 9 heteroatoms. The van der Waals surface area contributed by atoms with Gasteiger partial charge in [0.25, 0.3) is 5.91 Å². The summed E-state index contributed by atoms with van der Waals surface area (Å²) in [5.74, 6) is -0.362. The minimum atomic E-state index is -0.253. The summed E-state index contributed by atoms with van der Waals surface area (Å²) in [6.45, 7) is 9.49. The first-order chi connectivity index (χ1) is 20.6. The number of piperazine rings is 1. The van der Waals surface area contributed by atoms with Crippen LogP contribution >= 0.6 is 24.0 Å². The van der Waals surface area contributed by atoms with Gasteiger partial charge in [0, 0.05) is 56.4 Å². The van der Waals surface area contributed by atoms with Crippen LogP contribution in [0.5, 0.6) is 0 Å². The van der Waals surface area contributed by atoms with Gasteiger partial charge in [0.15, 0.2) is 0 Å². The maximum absolute atomic E-state index is 15.0. The number of nitrogens with zero attached hydrogens (tertiary/aromatic N) is 3. The number of quaternary nitrogens is 1. The van der Waals surface area contributed by atoms with E-state index in [9.17, 15) is 4.79 Å². The number of benzene rings is 3. The van der Waals surface area contributed by atoms with Crippen molar-refractivity contribution in [2.45, 2.75) is 57.9 Å². The monoisotopic (exact) mass is 841 g/mol. The Kier molecular flexibility index (Phi) is 14.7. The van der Waals surface area contributed by atoms with Crippen molar-refractivity contribution in [3.05, 3.63) is 94.8 Å². The van der Waals surface area contributed by atoms with Crippen LogP contribution in [0.1, 0.15) is 53.2 Å². The van der Waals surface area contributed by atoms with Gasteiger partial charge in [-0.05, 0) is 78.9 Å². The van der Waals surface area contributed by atoms with Gasteiger partial charge in [-0.2, -0.15) is 0 Å². The van der Waals surface area contributed by atoms with Gasteiger partial charge < -0.3 is 39.1 Å². The average Bonchev–Trinajstić information content (AvgIpc) is 2.97. The molecule has 6 nitrogen and oxygen atoms in total. The number of likely N-dealkylation sites (tertiary alicyclic amines) is 1. The lowest BCUT2D eigenvalue weighted by atomic mass is 9.99. The van der Waals surface area contributed by atoms with Crippen LogP contribution in [0.2, 0.25) is 0 Å². The number of rotatable bonds is 10. The number of carbonyl (C=O) groups excluding carboxylic acids is 1. The Morgan fingerprint density at radius 2 is 1.71 bits per heavy atom. The van der Waals surface area contributed by atoms with Crippen LogP contribution in [0.15, 0.2) is 66.7 Å². The highest BCUT2D eigenvalue weighted by molar-refractivity contribution is 14.0. The highest BCUT2D eigenvalue weighted by Gasteiger charge is 2.27. The fraction of sp³-hybridized carbons (Fsp3) is 0.472. The van der Waals surface area contributed by atoms with E-state index in [2.05, 4.69) is 66.7 Å². The second-order valence-electron chi connectivity index (χ2n) is 13.6. The van der Waals surface area contributed by atoms with Gasteiger partial charge in [0.2, 0.25) is 0 Å². The van der Waals surface area contributed by atoms with E-state index in [-0.39, 0.29) is 59.7 Å². The van der Waals surface area contributed by atoms with Gasteiger partial charge >= 0.3 is 0 Å². The molecule has 45 heavy (non-hydrogen) atoms. The van der Waals surface area contributed by atoms with Crippen LogP contribution in [0.4, 0.5) is 4.39 Å². The largest absolute Gasteiger partial charge is 1.00 e. The molecule has 3 aromatic carbocycles. The first-order valence-corrected chi connectivity index (χ1v) is 15.9. The summed E-state index contributed by atoms with van der Waals surface area (Å²) in [6, 6.07) is 22.3. The number of nitrogens with one attached hydrogen (secondary N) is 2. The molecule has 1 amide bonds. The minimum Gasteiger partial charge on any atom is -1.00 e. The molecule has 0 saturated carbocycles. The van der Waals surface area contributed by atoms with Crippen molar-refractivity contribution < 1.29 is 37.6 Å². The molecular weight excluding hydrogens is 791 g/mol. The molecule has 2 aliphatic heterocycles.